The van der Waals surface area contributed by atoms with Gasteiger partial charge in [-0.05, 0) is 45.3 Å². The molecule has 0 aliphatic carbocycles. The van der Waals surface area contributed by atoms with Crippen molar-refractivity contribution in [2.75, 3.05) is 33.2 Å². The molecule has 0 unspecified atom stereocenters. The predicted molar refractivity (Wildman–Crippen MR) is 101 cm³/mol. The number of likely N-dealkylation sites (tertiary alicyclic amines) is 1. The van der Waals surface area contributed by atoms with E-state index < -0.39 is 17.7 Å². The first kappa shape index (κ1) is 24.0. The van der Waals surface area contributed by atoms with Crippen molar-refractivity contribution in [1.82, 2.24) is 24.3 Å². The van der Waals surface area contributed by atoms with Crippen LogP contribution in [0.2, 0.25) is 0 Å². The fourth-order valence-electron chi connectivity index (χ4n) is 3.59. The number of aromatic nitrogens is 2. The molecule has 2 fully saturated rings. The highest BCUT2D eigenvalue weighted by molar-refractivity contribution is 7.03. The van der Waals surface area contributed by atoms with Crippen LogP contribution in [0.25, 0.3) is 0 Å². The van der Waals surface area contributed by atoms with Gasteiger partial charge in [0.15, 0.2) is 5.69 Å². The van der Waals surface area contributed by atoms with Crippen molar-refractivity contribution in [3.05, 3.63) is 11.1 Å². The number of rotatable bonds is 2. The number of aliphatic carboxylic acids is 1. The van der Waals surface area contributed by atoms with Crippen LogP contribution >= 0.6 is 11.5 Å². The summed E-state index contributed by atoms with van der Waals surface area (Å²) < 4.78 is 35.5. The van der Waals surface area contributed by atoms with Gasteiger partial charge >= 0.3 is 12.1 Å². The summed E-state index contributed by atoms with van der Waals surface area (Å²) in [7, 11) is 2.03. The average molecular weight is 451 g/mol. The van der Waals surface area contributed by atoms with Gasteiger partial charge in [0.1, 0.15) is 5.54 Å². The van der Waals surface area contributed by atoms with Gasteiger partial charge in [0, 0.05) is 37.6 Å². The Morgan fingerprint density at radius 2 is 1.77 bits per heavy atom. The second kappa shape index (κ2) is 9.25. The molecule has 2 aliphatic heterocycles. The second-order valence-electron chi connectivity index (χ2n) is 7.43. The molecule has 1 aromatic heterocycles. The molecule has 0 atom stereocenters. The van der Waals surface area contributed by atoms with Crippen molar-refractivity contribution in [1.29, 1.82) is 0 Å². The molecule has 168 valence electrons. The van der Waals surface area contributed by atoms with Crippen LogP contribution < -0.4 is 0 Å². The molecule has 3 heterocycles. The van der Waals surface area contributed by atoms with Crippen molar-refractivity contribution in [2.45, 2.75) is 44.4 Å². The van der Waals surface area contributed by atoms with E-state index in [-0.39, 0.29) is 17.9 Å². The topological polar surface area (TPSA) is 107 Å². The first-order valence-electron chi connectivity index (χ1n) is 9.29. The number of carboxylic acid groups (broad SMARTS) is 1. The summed E-state index contributed by atoms with van der Waals surface area (Å²) in [5.41, 5.74) is -0.0577. The van der Waals surface area contributed by atoms with Crippen LogP contribution in [0.5, 0.6) is 0 Å². The molecule has 0 radical (unpaired) electrons. The molecule has 2 amide bonds. The normalized spacial score (nSPS) is 19.6. The number of piperidine rings is 1. The summed E-state index contributed by atoms with van der Waals surface area (Å²) in [6, 6.07) is 0.216. The molecule has 2 aliphatic rings. The third kappa shape index (κ3) is 5.06. The van der Waals surface area contributed by atoms with Crippen LogP contribution in [-0.4, -0.2) is 98.2 Å². The van der Waals surface area contributed by atoms with Gasteiger partial charge in [0.25, 0.3) is 5.91 Å². The summed E-state index contributed by atoms with van der Waals surface area (Å²) in [6.07, 6.45) is -3.73. The number of carboxylic acids is 1. The number of hydrogen-bond acceptors (Lipinski definition) is 7. The summed E-state index contributed by atoms with van der Waals surface area (Å²) >= 11 is 1.18. The van der Waals surface area contributed by atoms with Crippen molar-refractivity contribution < 1.29 is 32.7 Å². The zero-order chi connectivity index (χ0) is 22.7. The van der Waals surface area contributed by atoms with Crippen molar-refractivity contribution in [3.8, 4) is 0 Å². The molecule has 0 bridgehead atoms. The number of hydrogen-bond donors (Lipinski definition) is 1. The van der Waals surface area contributed by atoms with Gasteiger partial charge in [0.05, 0.1) is 0 Å². The Morgan fingerprint density at radius 1 is 1.20 bits per heavy atom. The number of piperazine rings is 1. The standard InChI is InChI=1S/C15H23N5O2S.C2HF3O2/c1-11(2)20-9-8-18(3)15(14(20)22)4-6-19(7-5-15)13(21)12-10-23-17-16-12;3-2(4,5)1(6)7/h10-11H,4-9H2,1-3H3;(H,6,7). The van der Waals surface area contributed by atoms with Gasteiger partial charge in [-0.1, -0.05) is 4.49 Å². The fourth-order valence-corrected chi connectivity index (χ4v) is 4.02. The van der Waals surface area contributed by atoms with E-state index in [1.165, 1.54) is 11.5 Å². The minimum atomic E-state index is -5.08. The van der Waals surface area contributed by atoms with E-state index in [1.54, 1.807) is 10.3 Å². The molecule has 9 nitrogen and oxygen atoms in total. The molecule has 2 saturated heterocycles. The smallest absolute Gasteiger partial charge is 0.475 e. The van der Waals surface area contributed by atoms with E-state index in [1.807, 2.05) is 11.9 Å². The third-order valence-corrected chi connectivity index (χ3v) is 5.89. The summed E-state index contributed by atoms with van der Waals surface area (Å²) in [5, 5.41) is 12.6. The molecule has 1 spiro atoms. The van der Waals surface area contributed by atoms with Crippen LogP contribution in [0.15, 0.2) is 5.38 Å². The molecule has 3 rings (SSSR count). The van der Waals surface area contributed by atoms with Crippen LogP contribution in [0.3, 0.4) is 0 Å². The van der Waals surface area contributed by atoms with Crippen LogP contribution in [-0.2, 0) is 9.59 Å². The Balaban J connectivity index is 0.000000396. The lowest BCUT2D eigenvalue weighted by molar-refractivity contribution is -0.192. The maximum absolute atomic E-state index is 13.0. The lowest BCUT2D eigenvalue weighted by atomic mass is 9.82. The van der Waals surface area contributed by atoms with E-state index in [9.17, 15) is 22.8 Å². The van der Waals surface area contributed by atoms with E-state index in [2.05, 4.69) is 28.3 Å². The van der Waals surface area contributed by atoms with E-state index in [0.717, 1.165) is 13.1 Å². The van der Waals surface area contributed by atoms with Crippen LogP contribution in [0.1, 0.15) is 37.2 Å². The molecule has 30 heavy (non-hydrogen) atoms. The molecule has 13 heteroatoms. The zero-order valence-electron chi connectivity index (χ0n) is 16.8. The number of alkyl halides is 3. The number of halogens is 3. The van der Waals surface area contributed by atoms with Gasteiger partial charge in [-0.3, -0.25) is 14.5 Å². The van der Waals surface area contributed by atoms with E-state index in [0.29, 0.717) is 31.6 Å². The SMILES string of the molecule is CC(C)N1CCN(C)C2(CCN(C(=O)c3csnn3)CC2)C1=O.O=C(O)C(F)(F)F. The van der Waals surface area contributed by atoms with Crippen molar-refractivity contribution in [3.63, 3.8) is 0 Å². The third-order valence-electron chi connectivity index (χ3n) is 5.39. The van der Waals surface area contributed by atoms with E-state index >= 15 is 0 Å². The molecule has 0 saturated carbocycles. The van der Waals surface area contributed by atoms with Gasteiger partial charge in [0.2, 0.25) is 5.91 Å². The molecular formula is C17H24F3N5O4S. The number of carbonyl (C=O) groups is 3. The van der Waals surface area contributed by atoms with Crippen LogP contribution in [0.4, 0.5) is 13.2 Å². The van der Waals surface area contributed by atoms with Crippen molar-refractivity contribution in [2.24, 2.45) is 0 Å². The highest BCUT2D eigenvalue weighted by Crippen LogP contribution is 2.33. The van der Waals surface area contributed by atoms with Gasteiger partial charge in [-0.2, -0.15) is 13.2 Å². The second-order valence-corrected chi connectivity index (χ2v) is 8.04. The van der Waals surface area contributed by atoms with Gasteiger partial charge < -0.3 is 14.9 Å². The maximum atomic E-state index is 13.0. The zero-order valence-corrected chi connectivity index (χ0v) is 17.7. The van der Waals surface area contributed by atoms with Gasteiger partial charge in [-0.15, -0.1) is 5.10 Å². The monoisotopic (exact) mass is 451 g/mol. The van der Waals surface area contributed by atoms with Gasteiger partial charge in [-0.25, -0.2) is 4.79 Å². The summed E-state index contributed by atoms with van der Waals surface area (Å²) in [5.74, 6) is -2.63. The Bertz CT molecular complexity index is 764. The van der Waals surface area contributed by atoms with E-state index in [4.69, 9.17) is 9.90 Å². The van der Waals surface area contributed by atoms with Crippen molar-refractivity contribution >= 4 is 29.3 Å². The predicted octanol–water partition coefficient (Wildman–Crippen LogP) is 1.33. The summed E-state index contributed by atoms with van der Waals surface area (Å²) in [4.78, 5) is 40.2. The Labute approximate surface area is 175 Å². The average Bonchev–Trinajstić information content (AvgIpc) is 3.20. The molecule has 1 N–H and O–H groups in total. The highest BCUT2D eigenvalue weighted by atomic mass is 32.1. The Kier molecular flexibility index (Phi) is 7.40. The first-order valence-corrected chi connectivity index (χ1v) is 10.1. The highest BCUT2D eigenvalue weighted by Gasteiger charge is 2.50. The maximum Gasteiger partial charge on any atom is 0.490 e. The minimum Gasteiger partial charge on any atom is -0.475 e. The molecule has 0 aromatic carbocycles. The van der Waals surface area contributed by atoms with Crippen LogP contribution in [0, 0.1) is 0 Å². The number of carbonyl (C=O) groups excluding carboxylic acids is 2. The Morgan fingerprint density at radius 3 is 2.20 bits per heavy atom. The lowest BCUT2D eigenvalue weighted by Crippen LogP contribution is -2.68. The number of nitrogens with zero attached hydrogens (tertiary/aromatic N) is 5. The first-order chi connectivity index (χ1) is 13.9. The molecular weight excluding hydrogens is 427 g/mol. The number of amides is 2. The fraction of sp³-hybridized carbons (Fsp3) is 0.706. The largest absolute Gasteiger partial charge is 0.490 e. The quantitative estimate of drug-likeness (QED) is 0.723. The Hall–Kier alpha value is -2.28. The molecule has 1 aromatic rings. The summed E-state index contributed by atoms with van der Waals surface area (Å²) in [6.45, 7) is 6.95. The number of likely N-dealkylation sites (N-methyl/N-ethyl adjacent to an activating group) is 1. The lowest BCUT2D eigenvalue weighted by Gasteiger charge is -2.52. The minimum absolute atomic E-state index is 0.0831.